The monoisotopic (exact) mass is 405 g/mol. The highest BCUT2D eigenvalue weighted by molar-refractivity contribution is 7.90. The molecular formula is C18H17F2N5O2S. The molecule has 0 saturated heterocycles. The maximum atomic E-state index is 13.9. The second-order valence-corrected chi connectivity index (χ2v) is 8.40. The van der Waals surface area contributed by atoms with E-state index in [1.54, 1.807) is 6.07 Å². The van der Waals surface area contributed by atoms with Gasteiger partial charge in [0.25, 0.3) is 0 Å². The van der Waals surface area contributed by atoms with Gasteiger partial charge in [-0.1, -0.05) is 0 Å². The largest absolute Gasteiger partial charge is 0.496 e. The summed E-state index contributed by atoms with van der Waals surface area (Å²) in [7, 11) is -1.41. The zero-order valence-electron chi connectivity index (χ0n) is 15.1. The molecule has 1 heterocycles. The van der Waals surface area contributed by atoms with Gasteiger partial charge >= 0.3 is 0 Å². The summed E-state index contributed by atoms with van der Waals surface area (Å²) in [5.41, 5.74) is 1.22. The standard InChI is InChI=1S/C18H17F2N5O2S/c1-27-16-8-12(19)3-4-15(16)17-22-10-23-18(25-17)24-14-6-11(5-13(20)7-14)9-28(2,21)26/h3-8,10,21H,9H2,1-2H3,(H,22,23,24,25). The van der Waals surface area contributed by atoms with Crippen molar-refractivity contribution in [2.24, 2.45) is 0 Å². The van der Waals surface area contributed by atoms with Crippen LogP contribution in [0.2, 0.25) is 0 Å². The van der Waals surface area contributed by atoms with Crippen molar-refractivity contribution in [3.63, 3.8) is 0 Å². The van der Waals surface area contributed by atoms with Crippen LogP contribution in [-0.2, 0) is 15.5 Å². The first-order valence-electron chi connectivity index (χ1n) is 8.04. The molecule has 7 nitrogen and oxygen atoms in total. The molecule has 2 N–H and O–H groups in total. The minimum Gasteiger partial charge on any atom is -0.496 e. The normalized spacial score (nSPS) is 13.0. The molecule has 0 saturated carbocycles. The Morgan fingerprint density at radius 3 is 2.64 bits per heavy atom. The molecule has 0 bridgehead atoms. The molecule has 146 valence electrons. The summed E-state index contributed by atoms with van der Waals surface area (Å²) in [4.78, 5) is 12.3. The van der Waals surface area contributed by atoms with Crippen molar-refractivity contribution in [2.45, 2.75) is 5.75 Å². The summed E-state index contributed by atoms with van der Waals surface area (Å²) in [6.45, 7) is 0. The van der Waals surface area contributed by atoms with E-state index in [9.17, 15) is 13.0 Å². The Morgan fingerprint density at radius 2 is 1.93 bits per heavy atom. The van der Waals surface area contributed by atoms with Gasteiger partial charge in [0.2, 0.25) is 5.95 Å². The Labute approximate surface area is 160 Å². The third-order valence-corrected chi connectivity index (χ3v) is 4.52. The number of halogens is 2. The molecule has 0 radical (unpaired) electrons. The Hall–Kier alpha value is -3.14. The molecule has 1 aromatic heterocycles. The number of benzene rings is 2. The lowest BCUT2D eigenvalue weighted by molar-refractivity contribution is 0.412. The molecule has 0 spiro atoms. The SMILES string of the molecule is COc1cc(F)ccc1-c1ncnc(Nc2cc(F)cc(CS(C)(=N)=O)c2)n1. The highest BCUT2D eigenvalue weighted by atomic mass is 32.2. The van der Waals surface area contributed by atoms with Gasteiger partial charge in [0.1, 0.15) is 23.7 Å². The highest BCUT2D eigenvalue weighted by Gasteiger charge is 2.12. The number of nitrogens with zero attached hydrogens (tertiary/aromatic N) is 3. The van der Waals surface area contributed by atoms with E-state index in [1.807, 2.05) is 0 Å². The van der Waals surface area contributed by atoms with Crippen LogP contribution in [0.4, 0.5) is 20.4 Å². The Bertz CT molecular complexity index is 1120. The summed E-state index contributed by atoms with van der Waals surface area (Å²) in [6, 6.07) is 7.99. The molecule has 1 unspecified atom stereocenters. The van der Waals surface area contributed by atoms with Gasteiger partial charge in [-0.25, -0.2) is 23.0 Å². The summed E-state index contributed by atoms with van der Waals surface area (Å²) in [5, 5.41) is 2.86. The lowest BCUT2D eigenvalue weighted by Crippen LogP contribution is -2.03. The third kappa shape index (κ3) is 4.97. The summed E-state index contributed by atoms with van der Waals surface area (Å²) in [5.74, 6) is -0.433. The van der Waals surface area contributed by atoms with E-state index in [4.69, 9.17) is 9.52 Å². The zero-order valence-corrected chi connectivity index (χ0v) is 15.9. The fourth-order valence-corrected chi connectivity index (χ4v) is 3.39. The molecule has 0 aliphatic rings. The quantitative estimate of drug-likeness (QED) is 0.648. The van der Waals surface area contributed by atoms with Crippen molar-refractivity contribution in [3.05, 3.63) is 59.9 Å². The second-order valence-electron chi connectivity index (χ2n) is 6.10. The number of hydrogen-bond donors (Lipinski definition) is 2. The van der Waals surface area contributed by atoms with Crippen molar-refractivity contribution < 1.29 is 17.7 Å². The van der Waals surface area contributed by atoms with E-state index in [0.29, 0.717) is 16.8 Å². The Kier molecular flexibility index (Phi) is 5.50. The van der Waals surface area contributed by atoms with Crippen LogP contribution in [0.15, 0.2) is 42.7 Å². The van der Waals surface area contributed by atoms with Gasteiger partial charge in [0.05, 0.1) is 18.4 Å². The van der Waals surface area contributed by atoms with Crippen LogP contribution >= 0.6 is 0 Å². The molecule has 10 heteroatoms. The number of hydrogen-bond acceptors (Lipinski definition) is 7. The smallest absolute Gasteiger partial charge is 0.230 e. The zero-order chi connectivity index (χ0) is 20.3. The molecule has 3 rings (SSSR count). The minimum absolute atomic E-state index is 0.0747. The van der Waals surface area contributed by atoms with Crippen LogP contribution < -0.4 is 10.1 Å². The van der Waals surface area contributed by atoms with Gasteiger partial charge in [-0.2, -0.15) is 4.98 Å². The molecule has 2 aromatic carbocycles. The van der Waals surface area contributed by atoms with Crippen LogP contribution in [-0.4, -0.2) is 32.5 Å². The highest BCUT2D eigenvalue weighted by Crippen LogP contribution is 2.28. The number of anilines is 2. The molecule has 3 aromatic rings. The van der Waals surface area contributed by atoms with Crippen LogP contribution in [0, 0.1) is 16.4 Å². The van der Waals surface area contributed by atoms with E-state index in [0.717, 1.165) is 0 Å². The molecule has 28 heavy (non-hydrogen) atoms. The predicted octanol–water partition coefficient (Wildman–Crippen LogP) is 3.75. The van der Waals surface area contributed by atoms with Crippen LogP contribution in [0.3, 0.4) is 0 Å². The first kappa shape index (κ1) is 19.6. The molecular weight excluding hydrogens is 388 g/mol. The number of rotatable bonds is 6. The van der Waals surface area contributed by atoms with Crippen molar-refractivity contribution >= 4 is 21.4 Å². The fourth-order valence-electron chi connectivity index (χ4n) is 2.59. The van der Waals surface area contributed by atoms with E-state index < -0.39 is 21.4 Å². The van der Waals surface area contributed by atoms with Gasteiger partial charge in [-0.05, 0) is 35.9 Å². The minimum atomic E-state index is -2.82. The van der Waals surface area contributed by atoms with Crippen molar-refractivity contribution in [1.82, 2.24) is 15.0 Å². The van der Waals surface area contributed by atoms with Gasteiger partial charge in [-0.15, -0.1) is 0 Å². The van der Waals surface area contributed by atoms with E-state index in [1.165, 1.54) is 50.0 Å². The topological polar surface area (TPSA) is 101 Å². The van der Waals surface area contributed by atoms with E-state index in [2.05, 4.69) is 20.3 Å². The molecule has 1 atom stereocenters. The van der Waals surface area contributed by atoms with Gasteiger partial charge in [-0.3, -0.25) is 4.78 Å². The van der Waals surface area contributed by atoms with Crippen molar-refractivity contribution in [1.29, 1.82) is 4.78 Å². The van der Waals surface area contributed by atoms with Gasteiger partial charge in [0, 0.05) is 27.7 Å². The number of aromatic nitrogens is 3. The molecule has 0 amide bonds. The average molecular weight is 405 g/mol. The fraction of sp³-hybridized carbons (Fsp3) is 0.167. The average Bonchev–Trinajstić information content (AvgIpc) is 2.59. The van der Waals surface area contributed by atoms with Crippen LogP contribution in [0.25, 0.3) is 11.4 Å². The third-order valence-electron chi connectivity index (χ3n) is 3.63. The van der Waals surface area contributed by atoms with Crippen molar-refractivity contribution in [2.75, 3.05) is 18.7 Å². The maximum Gasteiger partial charge on any atom is 0.230 e. The molecule has 0 aliphatic carbocycles. The molecule has 0 fully saturated rings. The lowest BCUT2D eigenvalue weighted by atomic mass is 10.2. The van der Waals surface area contributed by atoms with E-state index in [-0.39, 0.29) is 23.3 Å². The number of nitrogens with one attached hydrogen (secondary N) is 2. The first-order valence-corrected chi connectivity index (χ1v) is 10.2. The summed E-state index contributed by atoms with van der Waals surface area (Å²) < 4.78 is 51.6. The Balaban J connectivity index is 1.92. The summed E-state index contributed by atoms with van der Waals surface area (Å²) in [6.07, 6.45) is 2.55. The van der Waals surface area contributed by atoms with Crippen LogP contribution in [0.1, 0.15) is 5.56 Å². The summed E-state index contributed by atoms with van der Waals surface area (Å²) >= 11 is 0. The maximum absolute atomic E-state index is 13.9. The van der Waals surface area contributed by atoms with Gasteiger partial charge < -0.3 is 10.1 Å². The lowest BCUT2D eigenvalue weighted by Gasteiger charge is -2.10. The van der Waals surface area contributed by atoms with Crippen molar-refractivity contribution in [3.8, 4) is 17.1 Å². The number of ether oxygens (including phenoxy) is 1. The van der Waals surface area contributed by atoms with E-state index >= 15 is 0 Å². The van der Waals surface area contributed by atoms with Crippen LogP contribution in [0.5, 0.6) is 5.75 Å². The second kappa shape index (κ2) is 7.85. The van der Waals surface area contributed by atoms with Gasteiger partial charge in [0.15, 0.2) is 5.82 Å². The first-order chi connectivity index (χ1) is 13.2. The predicted molar refractivity (Wildman–Crippen MR) is 102 cm³/mol. The Morgan fingerprint density at radius 1 is 1.14 bits per heavy atom. The molecule has 0 aliphatic heterocycles. The number of methoxy groups -OCH3 is 1.